The Morgan fingerprint density at radius 1 is 1.22 bits per heavy atom. The van der Waals surface area contributed by atoms with E-state index in [2.05, 4.69) is 26.8 Å². The molecule has 0 aromatic carbocycles. The third kappa shape index (κ3) is 8.30. The van der Waals surface area contributed by atoms with Crippen molar-refractivity contribution in [3.05, 3.63) is 12.2 Å². The molecule has 1 saturated carbocycles. The predicted octanol–water partition coefficient (Wildman–Crippen LogP) is 4.88. The summed E-state index contributed by atoms with van der Waals surface area (Å²) >= 11 is 0. The number of aliphatic hydroxyl groups excluding tert-OH is 2. The highest BCUT2D eigenvalue weighted by Gasteiger charge is 2.33. The Morgan fingerprint density at radius 2 is 1.93 bits per heavy atom. The fourth-order valence-corrected chi connectivity index (χ4v) is 4.01. The van der Waals surface area contributed by atoms with E-state index in [1.165, 1.54) is 0 Å². The van der Waals surface area contributed by atoms with Crippen LogP contribution in [0, 0.1) is 17.3 Å². The van der Waals surface area contributed by atoms with Gasteiger partial charge in [0.15, 0.2) is 6.17 Å². The van der Waals surface area contributed by atoms with E-state index >= 15 is 0 Å². The molecule has 1 rings (SSSR count). The fraction of sp³-hybridized carbons (Fsp3) is 0.864. The molecule has 27 heavy (non-hydrogen) atoms. The van der Waals surface area contributed by atoms with Crippen LogP contribution < -0.4 is 0 Å². The van der Waals surface area contributed by atoms with E-state index in [9.17, 15) is 19.4 Å². The zero-order valence-electron chi connectivity index (χ0n) is 17.2. The predicted molar refractivity (Wildman–Crippen MR) is 106 cm³/mol. The second-order valence-corrected chi connectivity index (χ2v) is 8.84. The molecule has 1 aliphatic carbocycles. The second kappa shape index (κ2) is 11.8. The highest BCUT2D eigenvalue weighted by Crippen LogP contribution is 2.37. The van der Waals surface area contributed by atoms with Crippen molar-refractivity contribution in [1.82, 2.24) is 0 Å². The van der Waals surface area contributed by atoms with Crippen molar-refractivity contribution in [3.8, 4) is 0 Å². The van der Waals surface area contributed by atoms with Gasteiger partial charge in [-0.15, -0.1) is 0 Å². The Hall–Kier alpha value is -0.940. The van der Waals surface area contributed by atoms with Crippen LogP contribution in [0.15, 0.2) is 12.2 Å². The van der Waals surface area contributed by atoms with Gasteiger partial charge in [0.05, 0.1) is 12.2 Å². The van der Waals surface area contributed by atoms with Crippen molar-refractivity contribution in [3.63, 3.8) is 0 Å². The topological polar surface area (TPSA) is 77.8 Å². The molecule has 3 N–H and O–H groups in total. The zero-order chi connectivity index (χ0) is 20.4. The lowest BCUT2D eigenvalue weighted by molar-refractivity contribution is -0.143. The average Bonchev–Trinajstić information content (AvgIpc) is 2.97. The van der Waals surface area contributed by atoms with Crippen molar-refractivity contribution in [2.24, 2.45) is 17.3 Å². The summed E-state index contributed by atoms with van der Waals surface area (Å²) in [6.45, 7) is 6.33. The molecule has 0 heterocycles. The van der Waals surface area contributed by atoms with Crippen LogP contribution in [-0.4, -0.2) is 39.7 Å². The molecular weight excluding hydrogens is 347 g/mol. The van der Waals surface area contributed by atoms with Crippen LogP contribution in [-0.2, 0) is 4.79 Å². The van der Waals surface area contributed by atoms with Crippen molar-refractivity contribution < 1.29 is 24.5 Å². The Labute approximate surface area is 163 Å². The highest BCUT2D eigenvalue weighted by atomic mass is 19.1. The quantitative estimate of drug-likeness (QED) is 0.311. The van der Waals surface area contributed by atoms with Crippen LogP contribution in [0.5, 0.6) is 0 Å². The van der Waals surface area contributed by atoms with Crippen LogP contribution in [0.1, 0.15) is 85.0 Å². The molecule has 0 radical (unpaired) electrons. The largest absolute Gasteiger partial charge is 0.479 e. The summed E-state index contributed by atoms with van der Waals surface area (Å²) < 4.78 is 13.1. The molecule has 0 amide bonds. The number of carbonyl (C=O) groups is 1. The van der Waals surface area contributed by atoms with Gasteiger partial charge in [0.1, 0.15) is 0 Å². The van der Waals surface area contributed by atoms with Crippen LogP contribution in [0.2, 0.25) is 0 Å². The van der Waals surface area contributed by atoms with Crippen LogP contribution >= 0.6 is 0 Å². The van der Waals surface area contributed by atoms with Gasteiger partial charge in [0, 0.05) is 0 Å². The monoisotopic (exact) mass is 386 g/mol. The SMILES string of the molecule is CCCCC(C)(C)C(O)C=C[C@H]1CC[C@H](O)[C@@H]1CCCCCC(F)C(=O)O. The Balaban J connectivity index is 2.44. The molecule has 0 bridgehead atoms. The van der Waals surface area contributed by atoms with Crippen molar-refractivity contribution >= 4 is 5.97 Å². The maximum absolute atomic E-state index is 13.1. The van der Waals surface area contributed by atoms with E-state index in [1.54, 1.807) is 0 Å². The molecule has 0 aromatic heterocycles. The van der Waals surface area contributed by atoms with Crippen LogP contribution in [0.25, 0.3) is 0 Å². The first kappa shape index (κ1) is 24.1. The van der Waals surface area contributed by atoms with Crippen molar-refractivity contribution in [2.75, 3.05) is 0 Å². The van der Waals surface area contributed by atoms with E-state index in [0.717, 1.165) is 51.4 Å². The zero-order valence-corrected chi connectivity index (χ0v) is 17.2. The van der Waals surface area contributed by atoms with Crippen molar-refractivity contribution in [1.29, 1.82) is 0 Å². The van der Waals surface area contributed by atoms with E-state index < -0.39 is 18.2 Å². The molecule has 1 aliphatic rings. The van der Waals surface area contributed by atoms with Gasteiger partial charge in [0.2, 0.25) is 0 Å². The summed E-state index contributed by atoms with van der Waals surface area (Å²) in [5.74, 6) is -0.941. The van der Waals surface area contributed by atoms with E-state index in [4.69, 9.17) is 5.11 Å². The number of hydrogen-bond acceptors (Lipinski definition) is 3. The van der Waals surface area contributed by atoms with Gasteiger partial charge in [-0.3, -0.25) is 0 Å². The Bertz CT molecular complexity index is 463. The first-order chi connectivity index (χ1) is 12.7. The van der Waals surface area contributed by atoms with E-state index in [-0.39, 0.29) is 29.8 Å². The third-order valence-electron chi connectivity index (χ3n) is 6.12. The minimum atomic E-state index is -1.77. The average molecular weight is 387 g/mol. The van der Waals surface area contributed by atoms with Gasteiger partial charge < -0.3 is 15.3 Å². The molecule has 0 aliphatic heterocycles. The lowest BCUT2D eigenvalue weighted by Crippen LogP contribution is -2.27. The Morgan fingerprint density at radius 3 is 2.56 bits per heavy atom. The second-order valence-electron chi connectivity index (χ2n) is 8.84. The number of carboxylic acids is 1. The molecule has 5 heteroatoms. The lowest BCUT2D eigenvalue weighted by atomic mass is 9.80. The molecule has 1 fully saturated rings. The summed E-state index contributed by atoms with van der Waals surface area (Å²) in [5, 5.41) is 29.4. The number of alkyl halides is 1. The molecule has 4 nitrogen and oxygen atoms in total. The summed E-state index contributed by atoms with van der Waals surface area (Å²) in [4.78, 5) is 10.5. The van der Waals surface area contributed by atoms with Crippen LogP contribution in [0.4, 0.5) is 4.39 Å². The maximum atomic E-state index is 13.1. The van der Waals surface area contributed by atoms with Crippen molar-refractivity contribution in [2.45, 2.75) is 103 Å². The van der Waals surface area contributed by atoms with E-state index in [0.29, 0.717) is 6.42 Å². The molecule has 5 atom stereocenters. The molecule has 0 spiro atoms. The fourth-order valence-electron chi connectivity index (χ4n) is 4.01. The molecular formula is C22H39FO4. The molecule has 0 saturated heterocycles. The number of halogens is 1. The van der Waals surface area contributed by atoms with E-state index in [1.807, 2.05) is 6.08 Å². The summed E-state index contributed by atoms with van der Waals surface area (Å²) in [6, 6.07) is 0. The smallest absolute Gasteiger partial charge is 0.338 e. The normalized spacial score (nSPS) is 25.8. The first-order valence-electron chi connectivity index (χ1n) is 10.6. The highest BCUT2D eigenvalue weighted by molar-refractivity contribution is 5.71. The van der Waals surface area contributed by atoms with Gasteiger partial charge in [-0.1, -0.05) is 58.6 Å². The number of rotatable bonds is 13. The lowest BCUT2D eigenvalue weighted by Gasteiger charge is -2.29. The first-order valence-corrected chi connectivity index (χ1v) is 10.6. The minimum Gasteiger partial charge on any atom is -0.479 e. The molecule has 158 valence electrons. The number of carboxylic acid groups (broad SMARTS) is 1. The van der Waals surface area contributed by atoms with Gasteiger partial charge >= 0.3 is 5.97 Å². The molecule has 0 aromatic rings. The molecule has 2 unspecified atom stereocenters. The maximum Gasteiger partial charge on any atom is 0.338 e. The van der Waals surface area contributed by atoms with Gasteiger partial charge in [0.25, 0.3) is 0 Å². The summed E-state index contributed by atoms with van der Waals surface area (Å²) in [7, 11) is 0. The minimum absolute atomic E-state index is 0.0604. The summed E-state index contributed by atoms with van der Waals surface area (Å²) in [6.07, 6.45) is 9.44. The van der Waals surface area contributed by atoms with Gasteiger partial charge in [-0.05, 0) is 55.8 Å². The number of unbranched alkanes of at least 4 members (excludes halogenated alkanes) is 3. The van der Waals surface area contributed by atoms with Gasteiger partial charge in [-0.2, -0.15) is 0 Å². The number of hydrogen-bond donors (Lipinski definition) is 3. The Kier molecular flexibility index (Phi) is 10.5. The number of aliphatic carboxylic acids is 1. The summed E-state index contributed by atoms with van der Waals surface area (Å²) in [5.41, 5.74) is -0.147. The van der Waals surface area contributed by atoms with Crippen LogP contribution in [0.3, 0.4) is 0 Å². The van der Waals surface area contributed by atoms with Gasteiger partial charge in [-0.25, -0.2) is 9.18 Å². The standard InChI is InChI=1S/C22H39FO4/c1-4-5-15-22(2,3)20(25)14-12-16-11-13-19(24)17(16)9-7-6-8-10-18(23)21(26)27/h12,14,16-20,24-25H,4-11,13,15H2,1-3H3,(H,26,27)/t16-,17-,18?,19+,20?/m1/s1. The number of allylic oxidation sites excluding steroid dienone is 1. The third-order valence-corrected chi connectivity index (χ3v) is 6.12. The number of aliphatic hydroxyl groups is 2.